The van der Waals surface area contributed by atoms with E-state index < -0.39 is 0 Å². The van der Waals surface area contributed by atoms with Crippen LogP contribution in [0, 0.1) is 12.8 Å². The molecule has 1 N–H and O–H groups in total. The molecule has 0 amide bonds. The SMILES string of the molecule is CNCc1oc(CN(C)C2CCCCC2C)cc1C. The van der Waals surface area contributed by atoms with Crippen molar-refractivity contribution in [3.63, 3.8) is 0 Å². The minimum absolute atomic E-state index is 0.715. The molecule has 108 valence electrons. The van der Waals surface area contributed by atoms with Gasteiger partial charge < -0.3 is 9.73 Å². The Balaban J connectivity index is 1.97. The average Bonchev–Trinajstić information content (AvgIpc) is 2.70. The van der Waals surface area contributed by atoms with Gasteiger partial charge in [-0.2, -0.15) is 0 Å². The second-order valence-corrected chi connectivity index (χ2v) is 6.09. The molecule has 0 saturated heterocycles. The van der Waals surface area contributed by atoms with Crippen LogP contribution in [0.15, 0.2) is 10.5 Å². The number of nitrogens with zero attached hydrogens (tertiary/aromatic N) is 1. The molecule has 1 saturated carbocycles. The molecule has 0 aromatic carbocycles. The highest BCUT2D eigenvalue weighted by Gasteiger charge is 2.25. The lowest BCUT2D eigenvalue weighted by Crippen LogP contribution is -2.38. The highest BCUT2D eigenvalue weighted by molar-refractivity contribution is 5.20. The summed E-state index contributed by atoms with van der Waals surface area (Å²) in [6.07, 6.45) is 5.48. The molecule has 1 heterocycles. The van der Waals surface area contributed by atoms with E-state index in [0.717, 1.165) is 30.5 Å². The smallest absolute Gasteiger partial charge is 0.120 e. The van der Waals surface area contributed by atoms with Gasteiger partial charge in [0.25, 0.3) is 0 Å². The first-order valence-corrected chi connectivity index (χ1v) is 7.55. The topological polar surface area (TPSA) is 28.4 Å². The van der Waals surface area contributed by atoms with Crippen molar-refractivity contribution in [1.82, 2.24) is 10.2 Å². The first-order valence-electron chi connectivity index (χ1n) is 7.55. The molecule has 2 unspecified atom stereocenters. The van der Waals surface area contributed by atoms with Crippen LogP contribution in [0.25, 0.3) is 0 Å². The van der Waals surface area contributed by atoms with Gasteiger partial charge in [0.1, 0.15) is 11.5 Å². The lowest BCUT2D eigenvalue weighted by atomic mass is 9.85. The molecule has 0 aliphatic heterocycles. The molecule has 0 spiro atoms. The fraction of sp³-hybridized carbons (Fsp3) is 0.750. The maximum Gasteiger partial charge on any atom is 0.120 e. The van der Waals surface area contributed by atoms with Crippen LogP contribution < -0.4 is 5.32 Å². The summed E-state index contributed by atoms with van der Waals surface area (Å²) in [7, 11) is 4.19. The highest BCUT2D eigenvalue weighted by atomic mass is 16.3. The minimum atomic E-state index is 0.715. The van der Waals surface area contributed by atoms with Gasteiger partial charge in [0.2, 0.25) is 0 Å². The van der Waals surface area contributed by atoms with E-state index in [1.54, 1.807) is 0 Å². The van der Waals surface area contributed by atoms with Crippen LogP contribution in [-0.2, 0) is 13.1 Å². The average molecular weight is 264 g/mol. The number of hydrogen-bond donors (Lipinski definition) is 1. The van der Waals surface area contributed by atoms with E-state index >= 15 is 0 Å². The normalized spacial score (nSPS) is 24.1. The van der Waals surface area contributed by atoms with Crippen molar-refractivity contribution in [2.24, 2.45) is 5.92 Å². The fourth-order valence-corrected chi connectivity index (χ4v) is 3.32. The predicted octanol–water partition coefficient (Wildman–Crippen LogP) is 3.32. The molecule has 2 rings (SSSR count). The summed E-state index contributed by atoms with van der Waals surface area (Å²) in [6.45, 7) is 6.26. The first kappa shape index (κ1) is 14.6. The van der Waals surface area contributed by atoms with Crippen molar-refractivity contribution in [2.75, 3.05) is 14.1 Å². The second-order valence-electron chi connectivity index (χ2n) is 6.09. The zero-order chi connectivity index (χ0) is 13.8. The lowest BCUT2D eigenvalue weighted by molar-refractivity contribution is 0.125. The van der Waals surface area contributed by atoms with Gasteiger partial charge >= 0.3 is 0 Å². The Morgan fingerprint density at radius 3 is 2.79 bits per heavy atom. The van der Waals surface area contributed by atoms with E-state index in [9.17, 15) is 0 Å². The fourth-order valence-electron chi connectivity index (χ4n) is 3.32. The second kappa shape index (κ2) is 6.58. The van der Waals surface area contributed by atoms with Crippen molar-refractivity contribution in [2.45, 2.75) is 58.7 Å². The van der Waals surface area contributed by atoms with E-state index in [1.807, 2.05) is 7.05 Å². The first-order chi connectivity index (χ1) is 9.11. The van der Waals surface area contributed by atoms with Gasteiger partial charge in [0.05, 0.1) is 13.1 Å². The molecule has 1 aromatic rings. The molecular formula is C16H28N2O. The monoisotopic (exact) mass is 264 g/mol. The van der Waals surface area contributed by atoms with Crippen LogP contribution in [0.2, 0.25) is 0 Å². The number of rotatable bonds is 5. The lowest BCUT2D eigenvalue weighted by Gasteiger charge is -2.35. The molecule has 0 radical (unpaired) electrons. The van der Waals surface area contributed by atoms with Gasteiger partial charge in [-0.3, -0.25) is 4.90 Å². The molecule has 1 aliphatic rings. The molecule has 0 bridgehead atoms. The zero-order valence-corrected chi connectivity index (χ0v) is 12.8. The van der Waals surface area contributed by atoms with Crippen molar-refractivity contribution < 1.29 is 4.42 Å². The van der Waals surface area contributed by atoms with Crippen molar-refractivity contribution in [3.05, 3.63) is 23.2 Å². The van der Waals surface area contributed by atoms with E-state index in [4.69, 9.17) is 4.42 Å². The zero-order valence-electron chi connectivity index (χ0n) is 12.8. The Hall–Kier alpha value is -0.800. The van der Waals surface area contributed by atoms with E-state index in [2.05, 4.69) is 37.2 Å². The number of hydrogen-bond acceptors (Lipinski definition) is 3. The molecule has 2 atom stereocenters. The summed E-state index contributed by atoms with van der Waals surface area (Å²) in [5.74, 6) is 2.98. The summed E-state index contributed by atoms with van der Waals surface area (Å²) < 4.78 is 5.95. The minimum Gasteiger partial charge on any atom is -0.463 e. The Kier molecular flexibility index (Phi) is 5.06. The van der Waals surface area contributed by atoms with Crippen molar-refractivity contribution >= 4 is 0 Å². The Morgan fingerprint density at radius 2 is 2.11 bits per heavy atom. The predicted molar refractivity (Wildman–Crippen MR) is 79.1 cm³/mol. The number of aryl methyl sites for hydroxylation is 1. The van der Waals surface area contributed by atoms with Crippen molar-refractivity contribution in [3.8, 4) is 0 Å². The molecule has 3 heteroatoms. The van der Waals surface area contributed by atoms with Gasteiger partial charge in [-0.1, -0.05) is 19.8 Å². The van der Waals surface area contributed by atoms with Gasteiger partial charge in [-0.05, 0) is 51.4 Å². The largest absolute Gasteiger partial charge is 0.463 e. The van der Waals surface area contributed by atoms with E-state index in [1.165, 1.54) is 31.2 Å². The van der Waals surface area contributed by atoms with Crippen LogP contribution in [0.5, 0.6) is 0 Å². The molecule has 3 nitrogen and oxygen atoms in total. The van der Waals surface area contributed by atoms with Crippen LogP contribution >= 0.6 is 0 Å². The van der Waals surface area contributed by atoms with Gasteiger partial charge in [-0.15, -0.1) is 0 Å². The molecule has 19 heavy (non-hydrogen) atoms. The van der Waals surface area contributed by atoms with Crippen LogP contribution in [0.1, 0.15) is 49.7 Å². The summed E-state index contributed by atoms with van der Waals surface area (Å²) in [4.78, 5) is 2.48. The van der Waals surface area contributed by atoms with Gasteiger partial charge in [0.15, 0.2) is 0 Å². The van der Waals surface area contributed by atoms with Crippen LogP contribution in [-0.4, -0.2) is 25.0 Å². The van der Waals surface area contributed by atoms with Gasteiger partial charge in [-0.25, -0.2) is 0 Å². The quantitative estimate of drug-likeness (QED) is 0.884. The Labute approximate surface area is 117 Å². The van der Waals surface area contributed by atoms with E-state index in [0.29, 0.717) is 6.04 Å². The third-order valence-corrected chi connectivity index (χ3v) is 4.45. The number of nitrogens with one attached hydrogen (secondary N) is 1. The Morgan fingerprint density at radius 1 is 1.37 bits per heavy atom. The number of furan rings is 1. The summed E-state index contributed by atoms with van der Waals surface area (Å²) >= 11 is 0. The summed E-state index contributed by atoms with van der Waals surface area (Å²) in [6, 6.07) is 2.91. The standard InChI is InChI=1S/C16H28N2O/c1-12-7-5-6-8-15(12)18(4)11-14-9-13(2)16(19-14)10-17-3/h9,12,15,17H,5-8,10-11H2,1-4H3. The maximum absolute atomic E-state index is 5.95. The molecule has 1 fully saturated rings. The molecule has 1 aromatic heterocycles. The van der Waals surface area contributed by atoms with Gasteiger partial charge in [0, 0.05) is 6.04 Å². The van der Waals surface area contributed by atoms with Crippen LogP contribution in [0.4, 0.5) is 0 Å². The van der Waals surface area contributed by atoms with E-state index in [-0.39, 0.29) is 0 Å². The highest BCUT2D eigenvalue weighted by Crippen LogP contribution is 2.28. The molecule has 1 aliphatic carbocycles. The Bertz CT molecular complexity index is 399. The summed E-state index contributed by atoms with van der Waals surface area (Å²) in [5, 5.41) is 3.15. The third-order valence-electron chi connectivity index (χ3n) is 4.45. The third kappa shape index (κ3) is 3.61. The maximum atomic E-state index is 5.95. The summed E-state index contributed by atoms with van der Waals surface area (Å²) in [5.41, 5.74) is 1.26. The molecular weight excluding hydrogens is 236 g/mol. The van der Waals surface area contributed by atoms with Crippen LogP contribution in [0.3, 0.4) is 0 Å². The van der Waals surface area contributed by atoms with Crippen molar-refractivity contribution in [1.29, 1.82) is 0 Å².